The lowest BCUT2D eigenvalue weighted by atomic mass is 10.3. The lowest BCUT2D eigenvalue weighted by Crippen LogP contribution is -1.96. The number of pyridine rings is 1. The monoisotopic (exact) mass is 195 g/mol. The molecule has 2 N–H and O–H groups in total. The zero-order chi connectivity index (χ0) is 10.6. The van der Waals surface area contributed by atoms with Gasteiger partial charge in [-0.1, -0.05) is 0 Å². The molecule has 6 heteroatoms. The topological polar surface area (TPSA) is 88.2 Å². The summed E-state index contributed by atoms with van der Waals surface area (Å²) < 4.78 is 0.947. The van der Waals surface area contributed by atoms with Crippen LogP contribution < -0.4 is 0 Å². The van der Waals surface area contributed by atoms with Crippen molar-refractivity contribution in [3.05, 3.63) is 24.7 Å². The highest BCUT2D eigenvalue weighted by Crippen LogP contribution is 2.13. The Bertz CT molecular complexity index is 395. The number of imidazole rings is 1. The Morgan fingerprint density at radius 3 is 2.71 bits per heavy atom. The predicted molar refractivity (Wildman–Crippen MR) is 47.1 cm³/mol. The van der Waals surface area contributed by atoms with Gasteiger partial charge in [0.2, 0.25) is 0 Å². The Morgan fingerprint density at radius 1 is 1.50 bits per heavy atom. The molecule has 2 aliphatic heterocycles. The zero-order valence-corrected chi connectivity index (χ0v) is 7.45. The van der Waals surface area contributed by atoms with Crippen LogP contribution in [0.1, 0.15) is 6.92 Å². The lowest BCUT2D eigenvalue weighted by Gasteiger charge is -1.99. The molecule has 14 heavy (non-hydrogen) atoms. The number of nitrogens with zero attached hydrogens (tertiary/aromatic N) is 3. The molecule has 2 heterocycles. The largest absolute Gasteiger partial charge is 0.481 e. The van der Waals surface area contributed by atoms with E-state index in [0.29, 0.717) is 11.5 Å². The molecule has 74 valence electrons. The maximum absolute atomic E-state index is 9.07. The number of aromatic nitrogens is 3. The van der Waals surface area contributed by atoms with Gasteiger partial charge in [0.15, 0.2) is 5.82 Å². The molecule has 0 radical (unpaired) electrons. The van der Waals surface area contributed by atoms with Gasteiger partial charge >= 0.3 is 0 Å². The first-order chi connectivity index (χ1) is 6.61. The van der Waals surface area contributed by atoms with Crippen LogP contribution >= 0.6 is 0 Å². The molecule has 0 aromatic heterocycles. The van der Waals surface area contributed by atoms with Crippen molar-refractivity contribution in [3.63, 3.8) is 0 Å². The fourth-order valence-electron chi connectivity index (χ4n) is 0.850. The average Bonchev–Trinajstić information content (AvgIpc) is 2.52. The number of hydrogen-bond donors (Lipinski definition) is 2. The second-order valence-corrected chi connectivity index (χ2v) is 2.45. The maximum atomic E-state index is 9.07. The van der Waals surface area contributed by atoms with Gasteiger partial charge in [0, 0.05) is 13.1 Å². The highest BCUT2D eigenvalue weighted by Gasteiger charge is 2.06. The van der Waals surface area contributed by atoms with Crippen LogP contribution in [0.2, 0.25) is 0 Å². The quantitative estimate of drug-likeness (QED) is 0.604. The van der Waals surface area contributed by atoms with Gasteiger partial charge in [-0.05, 0) is 12.1 Å². The van der Waals surface area contributed by atoms with Crippen LogP contribution in [0, 0.1) is 0 Å². The van der Waals surface area contributed by atoms with E-state index in [-0.39, 0.29) is 0 Å². The van der Waals surface area contributed by atoms with Crippen LogP contribution in [0.15, 0.2) is 24.7 Å². The molecular formula is C8H9N3O3. The van der Waals surface area contributed by atoms with Gasteiger partial charge in [0.05, 0.1) is 0 Å². The molecule has 0 spiro atoms. The normalized spacial score (nSPS) is 9.21. The Morgan fingerprint density at radius 2 is 2.14 bits per heavy atom. The second kappa shape index (κ2) is 4.22. The molecule has 0 aromatic carbocycles. The molecule has 2 rings (SSSR count). The molecule has 0 aromatic rings. The standard InChI is InChI=1S/C6H5N3O.C2H4O2/c10-9-3-1-2-5-6(9)8-4-7-5;1-2(3)4/h1-4,10H;1H3,(H,3,4). The van der Waals surface area contributed by atoms with E-state index < -0.39 is 5.97 Å². The number of carboxylic acids is 1. The van der Waals surface area contributed by atoms with Crippen molar-refractivity contribution in [2.24, 2.45) is 0 Å². The Balaban J connectivity index is 0.000000213. The lowest BCUT2D eigenvalue weighted by molar-refractivity contribution is -0.134. The van der Waals surface area contributed by atoms with Gasteiger partial charge in [-0.3, -0.25) is 4.79 Å². The summed E-state index contributed by atoms with van der Waals surface area (Å²) in [5, 5.41) is 16.5. The first-order valence-electron chi connectivity index (χ1n) is 3.78. The van der Waals surface area contributed by atoms with E-state index in [1.54, 1.807) is 12.1 Å². The van der Waals surface area contributed by atoms with Crippen molar-refractivity contribution in [3.8, 4) is 11.5 Å². The van der Waals surface area contributed by atoms with Crippen molar-refractivity contribution in [1.29, 1.82) is 0 Å². The fourth-order valence-corrected chi connectivity index (χ4v) is 0.850. The Kier molecular flexibility index (Phi) is 3.01. The van der Waals surface area contributed by atoms with E-state index >= 15 is 0 Å². The third-order valence-electron chi connectivity index (χ3n) is 1.30. The summed E-state index contributed by atoms with van der Waals surface area (Å²) in [6.45, 7) is 1.08. The minimum atomic E-state index is -0.833. The van der Waals surface area contributed by atoms with Crippen LogP contribution in [-0.2, 0) is 4.79 Å². The van der Waals surface area contributed by atoms with E-state index in [1.165, 1.54) is 12.5 Å². The number of hydrogen-bond acceptors (Lipinski definition) is 4. The van der Waals surface area contributed by atoms with Gasteiger partial charge < -0.3 is 10.3 Å². The molecular weight excluding hydrogens is 186 g/mol. The molecule has 0 atom stereocenters. The van der Waals surface area contributed by atoms with Crippen LogP contribution in [0.5, 0.6) is 0 Å². The Labute approximate surface area is 79.8 Å². The van der Waals surface area contributed by atoms with E-state index in [0.717, 1.165) is 11.7 Å². The van der Waals surface area contributed by atoms with Crippen molar-refractivity contribution in [2.45, 2.75) is 6.92 Å². The van der Waals surface area contributed by atoms with E-state index in [4.69, 9.17) is 15.1 Å². The molecule has 0 aliphatic carbocycles. The first-order valence-corrected chi connectivity index (χ1v) is 3.78. The van der Waals surface area contributed by atoms with Crippen LogP contribution in [0.4, 0.5) is 0 Å². The number of rotatable bonds is 0. The molecule has 0 fully saturated rings. The van der Waals surface area contributed by atoms with Gasteiger partial charge in [-0.15, -0.1) is 0 Å². The zero-order valence-electron chi connectivity index (χ0n) is 7.45. The van der Waals surface area contributed by atoms with E-state index in [1.807, 2.05) is 0 Å². The third kappa shape index (κ3) is 2.44. The average molecular weight is 195 g/mol. The van der Waals surface area contributed by atoms with Crippen molar-refractivity contribution >= 4 is 5.97 Å². The summed E-state index contributed by atoms with van der Waals surface area (Å²) in [6, 6.07) is 3.49. The molecule has 6 nitrogen and oxygen atoms in total. The van der Waals surface area contributed by atoms with Crippen molar-refractivity contribution in [2.75, 3.05) is 0 Å². The first kappa shape index (κ1) is 9.97. The molecule has 0 bridgehead atoms. The van der Waals surface area contributed by atoms with Gasteiger partial charge in [0.1, 0.15) is 12.0 Å². The molecule has 0 unspecified atom stereocenters. The van der Waals surface area contributed by atoms with Crippen LogP contribution in [-0.4, -0.2) is 31.0 Å². The summed E-state index contributed by atoms with van der Waals surface area (Å²) in [6.07, 6.45) is 2.92. The molecule has 0 amide bonds. The summed E-state index contributed by atoms with van der Waals surface area (Å²) in [5.41, 5.74) is 0.699. The minimum Gasteiger partial charge on any atom is -0.481 e. The van der Waals surface area contributed by atoms with Crippen molar-refractivity contribution in [1.82, 2.24) is 14.7 Å². The molecule has 0 saturated heterocycles. The number of carbonyl (C=O) groups is 1. The summed E-state index contributed by atoms with van der Waals surface area (Å²) in [5.74, 6) is -0.345. The maximum Gasteiger partial charge on any atom is 0.300 e. The van der Waals surface area contributed by atoms with Gasteiger partial charge in [-0.25, -0.2) is 9.97 Å². The number of aliphatic carboxylic acids is 1. The van der Waals surface area contributed by atoms with Gasteiger partial charge in [0.25, 0.3) is 5.97 Å². The predicted octanol–water partition coefficient (Wildman–Crippen LogP) is 0.711. The SMILES string of the molecule is CC(=O)O.On1cccc2ncnc1-2. The summed E-state index contributed by atoms with van der Waals surface area (Å²) >= 11 is 0. The van der Waals surface area contributed by atoms with E-state index in [9.17, 15) is 0 Å². The highest BCUT2D eigenvalue weighted by molar-refractivity contribution is 5.62. The van der Waals surface area contributed by atoms with Crippen molar-refractivity contribution < 1.29 is 15.1 Å². The van der Waals surface area contributed by atoms with Gasteiger partial charge in [-0.2, -0.15) is 4.73 Å². The Hall–Kier alpha value is -2.11. The molecule has 0 saturated carbocycles. The minimum absolute atomic E-state index is 0.488. The second-order valence-electron chi connectivity index (χ2n) is 2.45. The highest BCUT2D eigenvalue weighted by atomic mass is 16.5. The van der Waals surface area contributed by atoms with E-state index in [2.05, 4.69) is 9.97 Å². The van der Waals surface area contributed by atoms with Crippen LogP contribution in [0.3, 0.4) is 0 Å². The summed E-state index contributed by atoms with van der Waals surface area (Å²) in [7, 11) is 0. The van der Waals surface area contributed by atoms with Crippen LogP contribution in [0.25, 0.3) is 11.5 Å². The summed E-state index contributed by atoms with van der Waals surface area (Å²) in [4.78, 5) is 16.7. The fraction of sp³-hybridized carbons (Fsp3) is 0.125. The third-order valence-corrected chi connectivity index (χ3v) is 1.30. The number of carboxylic acid groups (broad SMARTS) is 1. The number of fused-ring (bicyclic) bond motifs is 1. The smallest absolute Gasteiger partial charge is 0.300 e. The molecule has 2 aliphatic rings.